The average molecular weight is 136 g/mol. The Balaban J connectivity index is 2.47. The average Bonchev–Trinajstić information content (AvgIpc) is 2.05. The third-order valence-electron chi connectivity index (χ3n) is 1.65. The molecular weight excluding hydrogens is 128 g/mol. The van der Waals surface area contributed by atoms with Crippen molar-refractivity contribution in [3.05, 3.63) is 5.57 Å². The Morgan fingerprint density at radius 3 is 2.40 bits per heavy atom. The highest BCUT2D eigenvalue weighted by molar-refractivity contribution is 5.52. The summed E-state index contributed by atoms with van der Waals surface area (Å²) in [5, 5.41) is 8.42. The van der Waals surface area contributed by atoms with Crippen LogP contribution in [0.4, 0.5) is 0 Å². The van der Waals surface area contributed by atoms with Crippen LogP contribution < -0.4 is 0 Å². The molecule has 0 amide bonds. The zero-order valence-electron chi connectivity index (χ0n) is 5.63. The number of carbonyl (C=O) groups excluding carboxylic acids is 1. The number of nitrogens with zero attached hydrogens (tertiary/aromatic N) is 2. The van der Waals surface area contributed by atoms with Gasteiger partial charge in [0.25, 0.3) is 0 Å². The van der Waals surface area contributed by atoms with E-state index in [9.17, 15) is 4.79 Å². The minimum Gasteiger partial charge on any atom is -0.310 e. The molecule has 0 spiro atoms. The van der Waals surface area contributed by atoms with Crippen molar-refractivity contribution in [2.24, 2.45) is 0 Å². The molecule has 0 atom stereocenters. The molecule has 0 aromatic carbocycles. The summed E-state index contributed by atoms with van der Waals surface area (Å²) in [7, 11) is 0. The minimum absolute atomic E-state index is 0.682. The third-order valence-corrected chi connectivity index (χ3v) is 1.65. The van der Waals surface area contributed by atoms with Crippen LogP contribution in [0.3, 0.4) is 0 Å². The maximum Gasteiger partial charge on any atom is 0.179 e. The highest BCUT2D eigenvalue weighted by Gasteiger charge is 2.11. The van der Waals surface area contributed by atoms with Crippen molar-refractivity contribution in [3.63, 3.8) is 0 Å². The second-order valence-electron chi connectivity index (χ2n) is 2.29. The Kier molecular flexibility index (Phi) is 2.09. The lowest BCUT2D eigenvalue weighted by atomic mass is 10.1. The predicted molar refractivity (Wildman–Crippen MR) is 35.6 cm³/mol. The van der Waals surface area contributed by atoms with Crippen molar-refractivity contribution in [2.45, 2.75) is 12.8 Å². The van der Waals surface area contributed by atoms with E-state index in [1.165, 1.54) is 0 Å². The molecule has 1 fully saturated rings. The van der Waals surface area contributed by atoms with Crippen molar-refractivity contribution in [2.75, 3.05) is 13.1 Å². The summed E-state index contributed by atoms with van der Waals surface area (Å²) in [5.74, 6) is 1.88. The topological polar surface area (TPSA) is 44.1 Å². The lowest BCUT2D eigenvalue weighted by Gasteiger charge is -2.20. The van der Waals surface area contributed by atoms with E-state index in [-0.39, 0.29) is 0 Å². The quantitative estimate of drug-likeness (QED) is 0.356. The van der Waals surface area contributed by atoms with Crippen LogP contribution in [0.5, 0.6) is 0 Å². The van der Waals surface area contributed by atoms with Gasteiger partial charge in [0, 0.05) is 18.7 Å². The Labute approximate surface area is 59.5 Å². The van der Waals surface area contributed by atoms with Gasteiger partial charge in [0.15, 0.2) is 6.19 Å². The van der Waals surface area contributed by atoms with Crippen LogP contribution in [-0.4, -0.2) is 23.9 Å². The van der Waals surface area contributed by atoms with Crippen LogP contribution in [0.15, 0.2) is 5.57 Å². The summed E-state index contributed by atoms with van der Waals surface area (Å²) >= 11 is 0. The first-order valence-corrected chi connectivity index (χ1v) is 3.24. The molecular formula is C7H8N2O. The molecule has 1 heterocycles. The van der Waals surface area contributed by atoms with E-state index in [2.05, 4.69) is 0 Å². The molecule has 0 bridgehead atoms. The van der Waals surface area contributed by atoms with Crippen molar-refractivity contribution in [3.8, 4) is 6.19 Å². The maximum atomic E-state index is 10.1. The molecule has 10 heavy (non-hydrogen) atoms. The molecule has 0 aliphatic carbocycles. The van der Waals surface area contributed by atoms with Crippen LogP contribution in [0.2, 0.25) is 0 Å². The van der Waals surface area contributed by atoms with E-state index in [0.717, 1.165) is 5.57 Å². The molecule has 0 radical (unpaired) electrons. The van der Waals surface area contributed by atoms with Crippen LogP contribution in [0.25, 0.3) is 0 Å². The van der Waals surface area contributed by atoms with Crippen LogP contribution >= 0.6 is 0 Å². The Hall–Kier alpha value is -1.26. The summed E-state index contributed by atoms with van der Waals surface area (Å²) in [6.07, 6.45) is 3.45. The molecule has 0 aromatic heterocycles. The van der Waals surface area contributed by atoms with Crippen molar-refractivity contribution >= 4 is 5.94 Å². The van der Waals surface area contributed by atoms with E-state index >= 15 is 0 Å². The summed E-state index contributed by atoms with van der Waals surface area (Å²) in [6.45, 7) is 1.36. The molecule has 3 nitrogen and oxygen atoms in total. The molecule has 0 unspecified atom stereocenters. The summed E-state index contributed by atoms with van der Waals surface area (Å²) in [5.41, 5.74) is 0.812. The first-order valence-electron chi connectivity index (χ1n) is 3.24. The van der Waals surface area contributed by atoms with Gasteiger partial charge in [-0.2, -0.15) is 5.26 Å². The molecule has 52 valence electrons. The number of hydrogen-bond donors (Lipinski definition) is 0. The second-order valence-corrected chi connectivity index (χ2v) is 2.29. The van der Waals surface area contributed by atoms with E-state index in [1.807, 2.05) is 12.1 Å². The van der Waals surface area contributed by atoms with Gasteiger partial charge >= 0.3 is 0 Å². The lowest BCUT2D eigenvalue weighted by Crippen LogP contribution is -2.25. The maximum absolute atomic E-state index is 10.1. The van der Waals surface area contributed by atoms with Gasteiger partial charge in [-0.25, -0.2) is 4.79 Å². The Bertz CT molecular complexity index is 200. The summed E-state index contributed by atoms with van der Waals surface area (Å²) < 4.78 is 0. The SMILES string of the molecule is N#CN1CCC(=C=O)CC1. The smallest absolute Gasteiger partial charge is 0.179 e. The van der Waals surface area contributed by atoms with Gasteiger partial charge in [0.2, 0.25) is 0 Å². The van der Waals surface area contributed by atoms with Gasteiger partial charge in [-0.15, -0.1) is 0 Å². The molecule has 3 heteroatoms. The van der Waals surface area contributed by atoms with Crippen LogP contribution in [-0.2, 0) is 4.79 Å². The van der Waals surface area contributed by atoms with Crippen LogP contribution in [0.1, 0.15) is 12.8 Å². The van der Waals surface area contributed by atoms with Crippen molar-refractivity contribution in [1.29, 1.82) is 5.26 Å². The van der Waals surface area contributed by atoms with E-state index in [4.69, 9.17) is 5.26 Å². The highest BCUT2D eigenvalue weighted by atomic mass is 16.1. The Morgan fingerprint density at radius 1 is 1.40 bits per heavy atom. The van der Waals surface area contributed by atoms with Crippen LogP contribution in [0, 0.1) is 11.5 Å². The molecule has 1 rings (SSSR count). The number of rotatable bonds is 0. The largest absolute Gasteiger partial charge is 0.310 e. The zero-order valence-corrected chi connectivity index (χ0v) is 5.63. The van der Waals surface area contributed by atoms with Gasteiger partial charge in [-0.1, -0.05) is 0 Å². The molecule has 1 aliphatic heterocycles. The number of hydrogen-bond acceptors (Lipinski definition) is 3. The van der Waals surface area contributed by atoms with Crippen molar-refractivity contribution < 1.29 is 4.79 Å². The monoisotopic (exact) mass is 136 g/mol. The molecule has 0 N–H and O–H groups in total. The minimum atomic E-state index is 0.682. The first kappa shape index (κ1) is 6.85. The molecule has 0 saturated carbocycles. The fourth-order valence-corrected chi connectivity index (χ4v) is 0.979. The predicted octanol–water partition coefficient (Wildman–Crippen LogP) is 0.321. The molecule has 1 aliphatic rings. The van der Waals surface area contributed by atoms with E-state index < -0.39 is 0 Å². The fourth-order valence-electron chi connectivity index (χ4n) is 0.979. The van der Waals surface area contributed by atoms with Crippen molar-refractivity contribution in [1.82, 2.24) is 4.90 Å². The van der Waals surface area contributed by atoms with Gasteiger partial charge in [-0.05, 0) is 12.8 Å². The third kappa shape index (κ3) is 1.37. The van der Waals surface area contributed by atoms with E-state index in [1.54, 1.807) is 4.90 Å². The molecule has 0 aromatic rings. The van der Waals surface area contributed by atoms with Gasteiger partial charge in [-0.3, -0.25) is 0 Å². The number of likely N-dealkylation sites (tertiary alicyclic amines) is 1. The summed E-state index contributed by atoms with van der Waals surface area (Å²) in [6, 6.07) is 0. The van der Waals surface area contributed by atoms with Gasteiger partial charge in [0.05, 0.1) is 0 Å². The fraction of sp³-hybridized carbons (Fsp3) is 0.571. The zero-order chi connectivity index (χ0) is 7.40. The first-order chi connectivity index (χ1) is 4.86. The molecule has 1 saturated heterocycles. The normalized spacial score (nSPS) is 17.9. The Morgan fingerprint density at radius 2 is 2.00 bits per heavy atom. The second kappa shape index (κ2) is 3.05. The van der Waals surface area contributed by atoms with Gasteiger partial charge < -0.3 is 4.90 Å². The highest BCUT2D eigenvalue weighted by Crippen LogP contribution is 2.11. The van der Waals surface area contributed by atoms with E-state index in [0.29, 0.717) is 25.9 Å². The van der Waals surface area contributed by atoms with Gasteiger partial charge in [0.1, 0.15) is 5.94 Å². The standard InChI is InChI=1S/C7H8N2O/c8-6-9-3-1-7(5-10)2-4-9/h1-4H2. The lowest BCUT2D eigenvalue weighted by molar-refractivity contribution is 0.365. The summed E-state index contributed by atoms with van der Waals surface area (Å²) in [4.78, 5) is 11.7. The number of nitriles is 1. The number of piperidine rings is 1.